The molecule has 0 bridgehead atoms. The van der Waals surface area contributed by atoms with Crippen LogP contribution in [0.3, 0.4) is 0 Å². The van der Waals surface area contributed by atoms with E-state index in [0.717, 1.165) is 38.9 Å². The van der Waals surface area contributed by atoms with Crippen LogP contribution in [0.25, 0.3) is 0 Å². The fourth-order valence-corrected chi connectivity index (χ4v) is 5.22. The molecule has 118 valence electrons. The van der Waals surface area contributed by atoms with Gasteiger partial charge in [0.15, 0.2) is 0 Å². The first-order valence-corrected chi connectivity index (χ1v) is 9.41. The molecule has 0 radical (unpaired) electrons. The molecule has 1 saturated carbocycles. The van der Waals surface area contributed by atoms with E-state index in [2.05, 4.69) is 12.2 Å². The standard InChI is InChI=1S/C14H29N3O2S/c1-3-15-10-6-11-16(2)20(18,19)17-12-9-13-7-4-5-8-14(13)17/h13-15H,3-12H2,1-2H3. The highest BCUT2D eigenvalue weighted by molar-refractivity contribution is 7.86. The predicted octanol–water partition coefficient (Wildman–Crippen LogP) is 1.43. The maximum Gasteiger partial charge on any atom is 0.281 e. The predicted molar refractivity (Wildman–Crippen MR) is 81.8 cm³/mol. The summed E-state index contributed by atoms with van der Waals surface area (Å²) in [5.41, 5.74) is 0. The van der Waals surface area contributed by atoms with E-state index < -0.39 is 10.2 Å². The van der Waals surface area contributed by atoms with Gasteiger partial charge in [-0.3, -0.25) is 0 Å². The molecular weight excluding hydrogens is 274 g/mol. The molecule has 1 aliphatic heterocycles. The van der Waals surface area contributed by atoms with E-state index >= 15 is 0 Å². The zero-order valence-corrected chi connectivity index (χ0v) is 13.7. The zero-order chi connectivity index (χ0) is 14.6. The molecule has 2 unspecified atom stereocenters. The molecule has 1 saturated heterocycles. The number of nitrogens with zero attached hydrogens (tertiary/aromatic N) is 2. The summed E-state index contributed by atoms with van der Waals surface area (Å²) in [7, 11) is -1.54. The van der Waals surface area contributed by atoms with Crippen LogP contribution in [-0.2, 0) is 10.2 Å². The molecule has 0 aromatic carbocycles. The molecule has 0 aromatic rings. The van der Waals surface area contributed by atoms with Crippen molar-refractivity contribution in [3.63, 3.8) is 0 Å². The second-order valence-electron chi connectivity index (χ2n) is 6.05. The van der Waals surface area contributed by atoms with E-state index in [4.69, 9.17) is 0 Å². The van der Waals surface area contributed by atoms with Gasteiger partial charge >= 0.3 is 0 Å². The fourth-order valence-electron chi connectivity index (χ4n) is 3.55. The van der Waals surface area contributed by atoms with Crippen molar-refractivity contribution in [3.8, 4) is 0 Å². The number of hydrogen-bond donors (Lipinski definition) is 1. The Morgan fingerprint density at radius 2 is 2.00 bits per heavy atom. The minimum absolute atomic E-state index is 0.268. The maximum atomic E-state index is 12.7. The van der Waals surface area contributed by atoms with Gasteiger partial charge in [0.25, 0.3) is 10.2 Å². The average Bonchev–Trinajstić information content (AvgIpc) is 2.88. The Balaban J connectivity index is 1.92. The summed E-state index contributed by atoms with van der Waals surface area (Å²) in [5.74, 6) is 0.605. The second-order valence-corrected chi connectivity index (χ2v) is 8.04. The van der Waals surface area contributed by atoms with Gasteiger partial charge in [-0.25, -0.2) is 0 Å². The lowest BCUT2D eigenvalue weighted by Crippen LogP contribution is -2.46. The quantitative estimate of drug-likeness (QED) is 0.724. The molecule has 2 rings (SSSR count). The molecule has 0 amide bonds. The van der Waals surface area contributed by atoms with E-state index in [-0.39, 0.29) is 6.04 Å². The van der Waals surface area contributed by atoms with Crippen molar-refractivity contribution in [1.82, 2.24) is 13.9 Å². The van der Waals surface area contributed by atoms with Gasteiger partial charge < -0.3 is 5.32 Å². The largest absolute Gasteiger partial charge is 0.317 e. The van der Waals surface area contributed by atoms with Gasteiger partial charge in [0, 0.05) is 26.2 Å². The van der Waals surface area contributed by atoms with Crippen molar-refractivity contribution in [2.75, 3.05) is 33.2 Å². The number of fused-ring (bicyclic) bond motifs is 1. The minimum atomic E-state index is -3.26. The summed E-state index contributed by atoms with van der Waals surface area (Å²) in [6, 6.07) is 0.268. The summed E-state index contributed by atoms with van der Waals surface area (Å²) in [4.78, 5) is 0. The van der Waals surface area contributed by atoms with Crippen molar-refractivity contribution in [2.24, 2.45) is 5.92 Å². The van der Waals surface area contributed by atoms with Crippen LogP contribution in [0.2, 0.25) is 0 Å². The van der Waals surface area contributed by atoms with Crippen LogP contribution in [0.1, 0.15) is 45.4 Å². The van der Waals surface area contributed by atoms with E-state index in [0.29, 0.717) is 12.5 Å². The van der Waals surface area contributed by atoms with Gasteiger partial charge in [0.2, 0.25) is 0 Å². The van der Waals surface area contributed by atoms with Crippen LogP contribution in [0.15, 0.2) is 0 Å². The third kappa shape index (κ3) is 3.53. The Morgan fingerprint density at radius 3 is 2.75 bits per heavy atom. The van der Waals surface area contributed by atoms with Crippen LogP contribution >= 0.6 is 0 Å². The zero-order valence-electron chi connectivity index (χ0n) is 12.8. The van der Waals surface area contributed by atoms with Crippen LogP contribution < -0.4 is 5.32 Å². The maximum absolute atomic E-state index is 12.7. The number of nitrogens with one attached hydrogen (secondary N) is 1. The summed E-state index contributed by atoms with van der Waals surface area (Å²) in [6.07, 6.45) is 6.63. The average molecular weight is 303 g/mol. The van der Waals surface area contributed by atoms with Gasteiger partial charge in [0.05, 0.1) is 0 Å². The van der Waals surface area contributed by atoms with Crippen molar-refractivity contribution >= 4 is 10.2 Å². The molecule has 6 heteroatoms. The van der Waals surface area contributed by atoms with Crippen molar-refractivity contribution in [2.45, 2.75) is 51.5 Å². The minimum Gasteiger partial charge on any atom is -0.317 e. The molecule has 2 aliphatic rings. The third-order valence-electron chi connectivity index (χ3n) is 4.73. The lowest BCUT2D eigenvalue weighted by molar-refractivity contribution is 0.249. The summed E-state index contributed by atoms with van der Waals surface area (Å²) in [5, 5.41) is 3.23. The Hall–Kier alpha value is -0.170. The third-order valence-corrected chi connectivity index (χ3v) is 6.74. The first-order valence-electron chi connectivity index (χ1n) is 8.01. The molecule has 1 aliphatic carbocycles. The first kappa shape index (κ1) is 16.2. The van der Waals surface area contributed by atoms with Crippen molar-refractivity contribution in [1.29, 1.82) is 0 Å². The van der Waals surface area contributed by atoms with E-state index in [1.54, 1.807) is 15.7 Å². The normalized spacial score (nSPS) is 27.9. The Labute approximate surface area is 123 Å². The monoisotopic (exact) mass is 303 g/mol. The highest BCUT2D eigenvalue weighted by Gasteiger charge is 2.42. The highest BCUT2D eigenvalue weighted by Crippen LogP contribution is 2.38. The lowest BCUT2D eigenvalue weighted by atomic mass is 9.86. The van der Waals surface area contributed by atoms with Crippen LogP contribution in [0.5, 0.6) is 0 Å². The van der Waals surface area contributed by atoms with Gasteiger partial charge in [-0.1, -0.05) is 19.8 Å². The highest BCUT2D eigenvalue weighted by atomic mass is 32.2. The lowest BCUT2D eigenvalue weighted by Gasteiger charge is -2.33. The van der Waals surface area contributed by atoms with Crippen LogP contribution in [0.4, 0.5) is 0 Å². The molecule has 20 heavy (non-hydrogen) atoms. The topological polar surface area (TPSA) is 52.7 Å². The summed E-state index contributed by atoms with van der Waals surface area (Å²) in [6.45, 7) is 5.20. The molecule has 0 aromatic heterocycles. The fraction of sp³-hybridized carbons (Fsp3) is 1.00. The van der Waals surface area contributed by atoms with Gasteiger partial charge in [-0.2, -0.15) is 17.0 Å². The Morgan fingerprint density at radius 1 is 1.25 bits per heavy atom. The molecule has 2 fully saturated rings. The van der Waals surface area contributed by atoms with Crippen LogP contribution in [0, 0.1) is 5.92 Å². The molecule has 0 spiro atoms. The molecule has 5 nitrogen and oxygen atoms in total. The van der Waals surface area contributed by atoms with Crippen molar-refractivity contribution in [3.05, 3.63) is 0 Å². The first-order chi connectivity index (χ1) is 9.57. The Kier molecular flexibility index (Phi) is 5.84. The SMILES string of the molecule is CCNCCCN(C)S(=O)(=O)N1CCC2CCCCC21. The van der Waals surface area contributed by atoms with Crippen molar-refractivity contribution < 1.29 is 8.42 Å². The number of hydrogen-bond acceptors (Lipinski definition) is 3. The second kappa shape index (κ2) is 7.20. The van der Waals surface area contributed by atoms with Crippen LogP contribution in [-0.4, -0.2) is 56.3 Å². The summed E-state index contributed by atoms with van der Waals surface area (Å²) >= 11 is 0. The number of rotatable bonds is 7. The summed E-state index contributed by atoms with van der Waals surface area (Å²) < 4.78 is 28.7. The van der Waals surface area contributed by atoms with E-state index in [9.17, 15) is 8.42 Å². The van der Waals surface area contributed by atoms with Gasteiger partial charge in [-0.15, -0.1) is 0 Å². The molecular formula is C14H29N3O2S. The van der Waals surface area contributed by atoms with Gasteiger partial charge in [0.1, 0.15) is 0 Å². The van der Waals surface area contributed by atoms with Gasteiger partial charge in [-0.05, 0) is 44.7 Å². The Bertz CT molecular complexity index is 399. The smallest absolute Gasteiger partial charge is 0.281 e. The molecule has 1 N–H and O–H groups in total. The van der Waals surface area contributed by atoms with E-state index in [1.807, 2.05) is 0 Å². The molecule has 1 heterocycles. The van der Waals surface area contributed by atoms with E-state index in [1.165, 1.54) is 19.3 Å². The molecule has 2 atom stereocenters.